The number of carbonyl (C=O) groups excluding carboxylic acids is 1. The topological polar surface area (TPSA) is 90.2 Å². The van der Waals surface area contributed by atoms with E-state index in [4.69, 9.17) is 14.9 Å². The lowest BCUT2D eigenvalue weighted by Gasteiger charge is -2.16. The molecule has 0 aliphatic carbocycles. The zero-order valence-corrected chi connectivity index (χ0v) is 8.12. The maximum absolute atomic E-state index is 11.2. The van der Waals surface area contributed by atoms with Crippen molar-refractivity contribution in [1.82, 2.24) is 4.90 Å². The first-order valence-electron chi connectivity index (χ1n) is 4.33. The van der Waals surface area contributed by atoms with Gasteiger partial charge in [0.05, 0.1) is 12.5 Å². The van der Waals surface area contributed by atoms with Crippen LogP contribution in [0.1, 0.15) is 6.42 Å². The van der Waals surface area contributed by atoms with E-state index in [1.807, 2.05) is 0 Å². The summed E-state index contributed by atoms with van der Waals surface area (Å²) in [6, 6.07) is 0. The molecule has 0 spiro atoms. The van der Waals surface area contributed by atoms with Crippen molar-refractivity contribution in [2.75, 3.05) is 14.1 Å². The van der Waals surface area contributed by atoms with Crippen molar-refractivity contribution < 1.29 is 24.9 Å². The summed E-state index contributed by atoms with van der Waals surface area (Å²) in [5, 5.41) is 27.5. The Balaban J connectivity index is 2.51. The molecule has 0 aromatic rings. The summed E-state index contributed by atoms with van der Waals surface area (Å²) in [6.45, 7) is 0. The van der Waals surface area contributed by atoms with Gasteiger partial charge >= 0.3 is 0 Å². The third-order valence-electron chi connectivity index (χ3n) is 2.21. The molecule has 3 N–H and O–H groups in total. The molecule has 1 fully saturated rings. The summed E-state index contributed by atoms with van der Waals surface area (Å²) in [5.41, 5.74) is 0. The van der Waals surface area contributed by atoms with Gasteiger partial charge in [-0.2, -0.15) is 0 Å². The van der Waals surface area contributed by atoms with Crippen molar-refractivity contribution in [3.8, 4) is 0 Å². The first-order chi connectivity index (χ1) is 6.43. The van der Waals surface area contributed by atoms with E-state index in [0.29, 0.717) is 0 Å². The summed E-state index contributed by atoms with van der Waals surface area (Å²) < 4.78 is 4.81. The minimum absolute atomic E-state index is 0.0533. The monoisotopic (exact) mass is 205 g/mol. The Morgan fingerprint density at radius 2 is 1.86 bits per heavy atom. The quantitative estimate of drug-likeness (QED) is 0.480. The number of rotatable bonds is 2. The molecule has 14 heavy (non-hydrogen) atoms. The van der Waals surface area contributed by atoms with E-state index in [0.717, 1.165) is 0 Å². The van der Waals surface area contributed by atoms with Crippen molar-refractivity contribution in [3.63, 3.8) is 0 Å². The zero-order valence-electron chi connectivity index (χ0n) is 8.12. The number of aliphatic hydroxyl groups excluding tert-OH is 3. The fourth-order valence-corrected chi connectivity index (χ4v) is 1.25. The van der Waals surface area contributed by atoms with E-state index < -0.39 is 24.6 Å². The molecule has 0 aromatic carbocycles. The highest BCUT2D eigenvalue weighted by atomic mass is 16.6. The highest BCUT2D eigenvalue weighted by molar-refractivity contribution is 5.76. The van der Waals surface area contributed by atoms with E-state index in [1.165, 1.54) is 4.90 Å². The molecule has 0 saturated carbocycles. The van der Waals surface area contributed by atoms with Crippen molar-refractivity contribution in [1.29, 1.82) is 0 Å². The maximum atomic E-state index is 11.2. The molecule has 0 radical (unpaired) electrons. The van der Waals surface area contributed by atoms with Crippen LogP contribution < -0.4 is 0 Å². The van der Waals surface area contributed by atoms with Gasteiger partial charge in [-0.1, -0.05) is 0 Å². The highest BCUT2D eigenvalue weighted by Gasteiger charge is 2.42. The van der Waals surface area contributed by atoms with E-state index in [9.17, 15) is 9.90 Å². The second kappa shape index (κ2) is 4.22. The number of amides is 1. The first kappa shape index (κ1) is 11.4. The van der Waals surface area contributed by atoms with Crippen LogP contribution in [0.3, 0.4) is 0 Å². The van der Waals surface area contributed by atoms with Gasteiger partial charge < -0.3 is 25.0 Å². The van der Waals surface area contributed by atoms with Crippen LogP contribution in [0.2, 0.25) is 0 Å². The van der Waals surface area contributed by atoms with Crippen molar-refractivity contribution >= 4 is 5.91 Å². The molecule has 82 valence electrons. The van der Waals surface area contributed by atoms with E-state index >= 15 is 0 Å². The van der Waals surface area contributed by atoms with Gasteiger partial charge in [0.15, 0.2) is 6.29 Å². The van der Waals surface area contributed by atoms with Gasteiger partial charge in [-0.15, -0.1) is 0 Å². The van der Waals surface area contributed by atoms with Gasteiger partial charge in [0.1, 0.15) is 12.2 Å². The fourth-order valence-electron chi connectivity index (χ4n) is 1.25. The number of hydrogen-bond donors (Lipinski definition) is 3. The van der Waals surface area contributed by atoms with Crippen LogP contribution >= 0.6 is 0 Å². The first-order valence-corrected chi connectivity index (χ1v) is 4.33. The van der Waals surface area contributed by atoms with Crippen LogP contribution in [-0.4, -0.2) is 64.8 Å². The van der Waals surface area contributed by atoms with Crippen LogP contribution in [0, 0.1) is 0 Å². The Hall–Kier alpha value is -0.690. The Bertz CT molecular complexity index is 220. The van der Waals surface area contributed by atoms with Gasteiger partial charge in [-0.05, 0) is 0 Å². The van der Waals surface area contributed by atoms with E-state index in [-0.39, 0.29) is 12.3 Å². The van der Waals surface area contributed by atoms with Crippen LogP contribution in [0.25, 0.3) is 0 Å². The average Bonchev–Trinajstić information content (AvgIpc) is 2.33. The van der Waals surface area contributed by atoms with E-state index in [1.54, 1.807) is 14.1 Å². The summed E-state index contributed by atoms with van der Waals surface area (Å²) in [6.07, 6.45) is -4.86. The lowest BCUT2D eigenvalue weighted by Crippen LogP contribution is -2.35. The summed E-state index contributed by atoms with van der Waals surface area (Å²) in [7, 11) is 3.16. The average molecular weight is 205 g/mol. The van der Waals surface area contributed by atoms with Gasteiger partial charge in [0.25, 0.3) is 0 Å². The molecule has 1 amide bonds. The van der Waals surface area contributed by atoms with Crippen LogP contribution in [0.5, 0.6) is 0 Å². The van der Waals surface area contributed by atoms with Crippen LogP contribution in [-0.2, 0) is 9.53 Å². The molecule has 1 saturated heterocycles. The normalized spacial score (nSPS) is 37.2. The predicted molar refractivity (Wildman–Crippen MR) is 46.2 cm³/mol. The fraction of sp³-hybridized carbons (Fsp3) is 0.875. The lowest BCUT2D eigenvalue weighted by molar-refractivity contribution is -0.142. The molecule has 1 rings (SSSR count). The maximum Gasteiger partial charge on any atom is 0.224 e. The van der Waals surface area contributed by atoms with Crippen molar-refractivity contribution in [2.45, 2.75) is 31.0 Å². The van der Waals surface area contributed by atoms with Crippen molar-refractivity contribution in [3.05, 3.63) is 0 Å². The predicted octanol–water partition coefficient (Wildman–Crippen LogP) is -2.10. The van der Waals surface area contributed by atoms with Crippen molar-refractivity contribution in [2.24, 2.45) is 0 Å². The molecule has 6 heteroatoms. The highest BCUT2D eigenvalue weighted by Crippen LogP contribution is 2.22. The van der Waals surface area contributed by atoms with Crippen LogP contribution in [0.4, 0.5) is 0 Å². The molecule has 1 aliphatic rings. The molecule has 1 heterocycles. The number of aliphatic hydroxyl groups is 3. The molecule has 1 unspecified atom stereocenters. The smallest absolute Gasteiger partial charge is 0.224 e. The standard InChI is InChI=1S/C8H15NO5/c1-9(2)5(10)3-4-6(11)7(12)8(13)14-4/h4,6-8,11-13H,3H2,1-2H3/t4-,6-,7-,8?/m1/s1. The molecule has 1 aliphatic heterocycles. The van der Waals surface area contributed by atoms with Gasteiger partial charge in [0.2, 0.25) is 5.91 Å². The summed E-state index contributed by atoms with van der Waals surface area (Å²) >= 11 is 0. The minimum atomic E-state index is -1.41. The molecular formula is C8H15NO5. The largest absolute Gasteiger partial charge is 0.387 e. The van der Waals surface area contributed by atoms with Gasteiger partial charge in [-0.3, -0.25) is 4.79 Å². The summed E-state index contributed by atoms with van der Waals surface area (Å²) in [5.74, 6) is -0.227. The molecule has 6 nitrogen and oxygen atoms in total. The van der Waals surface area contributed by atoms with Gasteiger partial charge in [-0.25, -0.2) is 0 Å². The molecule has 0 bridgehead atoms. The van der Waals surface area contributed by atoms with Gasteiger partial charge in [0, 0.05) is 14.1 Å². The lowest BCUT2D eigenvalue weighted by atomic mass is 10.1. The second-order valence-corrected chi connectivity index (χ2v) is 3.54. The number of nitrogens with zero attached hydrogens (tertiary/aromatic N) is 1. The van der Waals surface area contributed by atoms with Crippen LogP contribution in [0.15, 0.2) is 0 Å². The molecule has 0 aromatic heterocycles. The second-order valence-electron chi connectivity index (χ2n) is 3.54. The number of carbonyl (C=O) groups is 1. The zero-order chi connectivity index (χ0) is 10.9. The molecular weight excluding hydrogens is 190 g/mol. The third-order valence-corrected chi connectivity index (χ3v) is 2.21. The summed E-state index contributed by atoms with van der Waals surface area (Å²) in [4.78, 5) is 12.6. The SMILES string of the molecule is CN(C)C(=O)C[C@H]1OC(O)[C@H](O)[C@@H]1O. The number of ether oxygens (including phenoxy) is 1. The van der Waals surface area contributed by atoms with E-state index in [2.05, 4.69) is 0 Å². The Kier molecular flexibility index (Phi) is 3.43. The minimum Gasteiger partial charge on any atom is -0.387 e. The Morgan fingerprint density at radius 1 is 1.29 bits per heavy atom. The molecule has 4 atom stereocenters. The third kappa shape index (κ3) is 2.21. The number of hydrogen-bond acceptors (Lipinski definition) is 5. The Labute approximate surface area is 81.7 Å². The Morgan fingerprint density at radius 3 is 2.21 bits per heavy atom.